The Labute approximate surface area is 198 Å². The van der Waals surface area contributed by atoms with Crippen LogP contribution in [0.4, 0.5) is 0 Å². The van der Waals surface area contributed by atoms with Crippen molar-refractivity contribution in [3.63, 3.8) is 0 Å². The average Bonchev–Trinajstić information content (AvgIpc) is 2.62. The van der Waals surface area contributed by atoms with Crippen LogP contribution in [0.25, 0.3) is 0 Å². The van der Waals surface area contributed by atoms with Crippen molar-refractivity contribution in [1.29, 1.82) is 0 Å². The van der Waals surface area contributed by atoms with E-state index in [1.54, 1.807) is 0 Å². The van der Waals surface area contributed by atoms with Crippen LogP contribution in [-0.4, -0.2) is 19.6 Å². The first-order chi connectivity index (χ1) is 13.0. The van der Waals surface area contributed by atoms with Gasteiger partial charge in [-0.25, -0.2) is 8.42 Å². The van der Waals surface area contributed by atoms with Gasteiger partial charge in [0.05, 0.1) is 6.61 Å². The summed E-state index contributed by atoms with van der Waals surface area (Å²) in [6.45, 7) is 8.19. The molecule has 0 aliphatic carbocycles. The van der Waals surface area contributed by atoms with Gasteiger partial charge in [0.25, 0.3) is 0 Å². The fourth-order valence-electron chi connectivity index (χ4n) is 2.82. The van der Waals surface area contributed by atoms with E-state index in [9.17, 15) is 13.0 Å². The Morgan fingerprint density at radius 1 is 0.714 bits per heavy atom. The van der Waals surface area contributed by atoms with Crippen LogP contribution in [0.1, 0.15) is 123 Å². The first-order valence-corrected chi connectivity index (χ1v) is 12.5. The minimum Gasteiger partial charge on any atom is -0.726 e. The van der Waals surface area contributed by atoms with E-state index in [1.807, 2.05) is 6.08 Å². The second-order valence-corrected chi connectivity index (χ2v) is 8.31. The van der Waals surface area contributed by atoms with Gasteiger partial charge in [0, 0.05) is 0 Å². The third kappa shape index (κ3) is 37.4. The van der Waals surface area contributed by atoms with Crippen LogP contribution in [-0.2, 0) is 14.6 Å². The maximum atomic E-state index is 10.1. The molecule has 0 atom stereocenters. The zero-order chi connectivity index (χ0) is 20.6. The molecule has 0 heterocycles. The molecule has 0 radical (unpaired) electrons. The number of hydrogen-bond donors (Lipinski definition) is 0. The van der Waals surface area contributed by atoms with E-state index in [0.29, 0.717) is 6.42 Å². The van der Waals surface area contributed by atoms with Gasteiger partial charge in [-0.3, -0.25) is 4.18 Å². The number of rotatable bonds is 19. The molecule has 0 saturated heterocycles. The first kappa shape index (κ1) is 33.3. The van der Waals surface area contributed by atoms with E-state index in [0.717, 1.165) is 12.8 Å². The molecule has 0 aromatic heterocycles. The van der Waals surface area contributed by atoms with Crippen LogP contribution in [0.15, 0.2) is 12.7 Å². The zero-order valence-electron chi connectivity index (χ0n) is 19.1. The molecule has 0 aliphatic heterocycles. The molecule has 0 saturated carbocycles. The maximum Gasteiger partial charge on any atom is 1.00 e. The monoisotopic (exact) mass is 428 g/mol. The summed E-state index contributed by atoms with van der Waals surface area (Å²) in [7, 11) is -4.48. The molecule has 164 valence electrons. The minimum atomic E-state index is -4.48. The van der Waals surface area contributed by atoms with Crippen LogP contribution < -0.4 is 29.6 Å². The molecule has 28 heavy (non-hydrogen) atoms. The van der Waals surface area contributed by atoms with Gasteiger partial charge in [0.15, 0.2) is 0 Å². The van der Waals surface area contributed by atoms with Crippen molar-refractivity contribution in [1.82, 2.24) is 0 Å². The van der Waals surface area contributed by atoms with E-state index in [2.05, 4.69) is 24.6 Å². The molecule has 0 unspecified atom stereocenters. The summed E-state index contributed by atoms with van der Waals surface area (Å²) < 4.78 is 34.5. The molecular formula is C22H45NaO4S. The molecule has 0 spiro atoms. The Bertz CT molecular complexity index is 386. The van der Waals surface area contributed by atoms with Crippen LogP contribution in [0.5, 0.6) is 0 Å². The molecule has 6 heteroatoms. The summed E-state index contributed by atoms with van der Waals surface area (Å²) in [5.74, 6) is 0. The second kappa shape index (κ2) is 27.6. The summed E-state index contributed by atoms with van der Waals surface area (Å²) in [5, 5.41) is 0. The zero-order valence-corrected chi connectivity index (χ0v) is 21.9. The molecule has 4 nitrogen and oxygen atoms in total. The molecule has 0 rings (SSSR count). The number of unbranched alkanes of at least 4 members (excludes halogenated alkanes) is 15. The number of allylic oxidation sites excluding steroid dienone is 1. The van der Waals surface area contributed by atoms with Crippen LogP contribution >= 0.6 is 0 Å². The molecule has 0 aromatic carbocycles. The third-order valence-electron chi connectivity index (χ3n) is 4.49. The minimum absolute atomic E-state index is 0. The average molecular weight is 429 g/mol. The van der Waals surface area contributed by atoms with Gasteiger partial charge >= 0.3 is 29.6 Å². The van der Waals surface area contributed by atoms with Gasteiger partial charge < -0.3 is 4.55 Å². The Hall–Kier alpha value is 0.610. The van der Waals surface area contributed by atoms with Gasteiger partial charge in [-0.1, -0.05) is 110 Å². The van der Waals surface area contributed by atoms with E-state index in [4.69, 9.17) is 0 Å². The van der Waals surface area contributed by atoms with Crippen molar-refractivity contribution in [2.24, 2.45) is 0 Å². The molecule has 0 bridgehead atoms. The van der Waals surface area contributed by atoms with E-state index in [-0.39, 0.29) is 36.2 Å². The predicted molar refractivity (Wildman–Crippen MR) is 116 cm³/mol. The SMILES string of the molecule is C=CCCCCCCCC.CCCCCCCCCCCCOS(=O)(=O)[O-].[Na+]. The van der Waals surface area contributed by atoms with Crippen molar-refractivity contribution in [2.45, 2.75) is 123 Å². The van der Waals surface area contributed by atoms with Gasteiger partial charge in [-0.15, -0.1) is 6.58 Å². The molecule has 0 fully saturated rings. The van der Waals surface area contributed by atoms with Gasteiger partial charge in [0.2, 0.25) is 10.4 Å². The third-order valence-corrected chi connectivity index (χ3v) is 4.94. The summed E-state index contributed by atoms with van der Waals surface area (Å²) in [6.07, 6.45) is 23.3. The molecular weight excluding hydrogens is 383 g/mol. The van der Waals surface area contributed by atoms with Gasteiger partial charge in [-0.2, -0.15) is 0 Å². The van der Waals surface area contributed by atoms with Crippen molar-refractivity contribution in [2.75, 3.05) is 6.61 Å². The summed E-state index contributed by atoms with van der Waals surface area (Å²) >= 11 is 0. The fraction of sp³-hybridized carbons (Fsp3) is 0.909. The van der Waals surface area contributed by atoms with Crippen LogP contribution in [0.3, 0.4) is 0 Å². The van der Waals surface area contributed by atoms with E-state index < -0.39 is 10.4 Å². The van der Waals surface area contributed by atoms with Gasteiger partial charge in [-0.05, 0) is 19.3 Å². The molecule has 0 aliphatic rings. The quantitative estimate of drug-likeness (QED) is 0.101. The van der Waals surface area contributed by atoms with E-state index in [1.165, 1.54) is 89.9 Å². The smallest absolute Gasteiger partial charge is 0.726 e. The maximum absolute atomic E-state index is 10.1. The summed E-state index contributed by atoms with van der Waals surface area (Å²) in [6, 6.07) is 0. The Balaban J connectivity index is -0.000000489. The van der Waals surface area contributed by atoms with Crippen LogP contribution in [0, 0.1) is 0 Å². The van der Waals surface area contributed by atoms with Gasteiger partial charge in [0.1, 0.15) is 0 Å². The first-order valence-electron chi connectivity index (χ1n) is 11.2. The van der Waals surface area contributed by atoms with Crippen molar-refractivity contribution < 1.29 is 46.7 Å². The summed E-state index contributed by atoms with van der Waals surface area (Å²) in [5.41, 5.74) is 0. The van der Waals surface area contributed by atoms with E-state index >= 15 is 0 Å². The number of hydrogen-bond acceptors (Lipinski definition) is 4. The Morgan fingerprint density at radius 2 is 1.07 bits per heavy atom. The molecule has 0 N–H and O–H groups in total. The van der Waals surface area contributed by atoms with Crippen molar-refractivity contribution >= 4 is 10.4 Å². The second-order valence-electron chi connectivity index (χ2n) is 7.26. The molecule has 0 amide bonds. The normalized spacial score (nSPS) is 10.7. The molecule has 0 aromatic rings. The Morgan fingerprint density at radius 3 is 1.43 bits per heavy atom. The predicted octanol–water partition coefficient (Wildman–Crippen LogP) is 4.31. The summed E-state index contributed by atoms with van der Waals surface area (Å²) in [4.78, 5) is 0. The van der Waals surface area contributed by atoms with Crippen LogP contribution in [0.2, 0.25) is 0 Å². The topological polar surface area (TPSA) is 66.4 Å². The Kier molecular flexibility index (Phi) is 32.8. The standard InChI is InChI=1S/C12H26O4S.C10H20.Na/c1-2-3-4-5-6-7-8-9-10-11-12-16-17(13,14)15;1-3-5-7-9-10-8-6-4-2;/h2-12H2,1H3,(H,13,14,15);3H,1,4-10H2,2H3;/q;;+1/p-1. The van der Waals surface area contributed by atoms with Crippen molar-refractivity contribution in [3.8, 4) is 0 Å². The van der Waals surface area contributed by atoms with Crippen molar-refractivity contribution in [3.05, 3.63) is 12.7 Å². The fourth-order valence-corrected chi connectivity index (χ4v) is 3.14. The largest absolute Gasteiger partial charge is 1.00 e.